The number of nitrogens with zero attached hydrogens (tertiary/aromatic N) is 1. The Balaban J connectivity index is 2.61. The minimum Gasteiger partial charge on any atom is -0.491 e. The maximum atomic E-state index is 11.7. The van der Waals surface area contributed by atoms with Gasteiger partial charge in [-0.1, -0.05) is 0 Å². The van der Waals surface area contributed by atoms with Gasteiger partial charge in [-0.05, 0) is 6.07 Å². The van der Waals surface area contributed by atoms with Crippen molar-refractivity contribution < 1.29 is 32.7 Å². The van der Waals surface area contributed by atoms with Gasteiger partial charge < -0.3 is 9.84 Å². The fraction of sp³-hybridized carbons (Fsp3) is 0.400. The Morgan fingerprint density at radius 3 is 2.53 bits per heavy atom. The van der Waals surface area contributed by atoms with Crippen molar-refractivity contribution in [3.05, 3.63) is 33.9 Å². The molecule has 1 aromatic carbocycles. The van der Waals surface area contributed by atoms with Crippen LogP contribution in [0.5, 0.6) is 5.75 Å². The van der Waals surface area contributed by atoms with Crippen LogP contribution in [-0.2, 0) is 11.3 Å². The van der Waals surface area contributed by atoms with Crippen LogP contribution in [0.25, 0.3) is 0 Å². The van der Waals surface area contributed by atoms with Crippen molar-refractivity contribution in [2.75, 3.05) is 13.2 Å². The molecule has 0 saturated heterocycles. The quantitative estimate of drug-likeness (QED) is 0.490. The number of aliphatic hydroxyl groups is 1. The number of hydrogen-bond donors (Lipinski definition) is 1. The molecule has 1 rings (SSSR count). The number of hydrogen-bond acceptors (Lipinski definition) is 5. The number of nitro benzene ring substituents is 1. The summed E-state index contributed by atoms with van der Waals surface area (Å²) in [7, 11) is 0. The third-order valence-electron chi connectivity index (χ3n) is 2.03. The molecule has 0 aromatic heterocycles. The van der Waals surface area contributed by atoms with Crippen molar-refractivity contribution in [2.24, 2.45) is 0 Å². The molecular formula is C10H10F3NO5. The maximum Gasteiger partial charge on any atom is 0.522 e. The fourth-order valence-corrected chi connectivity index (χ4v) is 1.25. The van der Waals surface area contributed by atoms with E-state index in [4.69, 9.17) is 9.84 Å². The van der Waals surface area contributed by atoms with Crippen molar-refractivity contribution in [2.45, 2.75) is 13.0 Å². The SMILES string of the molecule is O=[N+]([O-])c1ccc(OCCOC(F)(F)F)c(CO)c1. The van der Waals surface area contributed by atoms with E-state index in [2.05, 4.69) is 4.74 Å². The van der Waals surface area contributed by atoms with Crippen LogP contribution in [0, 0.1) is 10.1 Å². The first-order chi connectivity index (χ1) is 8.83. The van der Waals surface area contributed by atoms with E-state index in [1.807, 2.05) is 0 Å². The van der Waals surface area contributed by atoms with E-state index in [9.17, 15) is 23.3 Å². The molecule has 19 heavy (non-hydrogen) atoms. The van der Waals surface area contributed by atoms with Crippen LogP contribution in [0.4, 0.5) is 18.9 Å². The van der Waals surface area contributed by atoms with Gasteiger partial charge in [-0.3, -0.25) is 14.9 Å². The lowest BCUT2D eigenvalue weighted by atomic mass is 10.2. The number of halogens is 3. The molecule has 0 atom stereocenters. The molecular weight excluding hydrogens is 271 g/mol. The number of benzene rings is 1. The van der Waals surface area contributed by atoms with E-state index in [-0.39, 0.29) is 17.0 Å². The molecule has 0 aliphatic heterocycles. The van der Waals surface area contributed by atoms with Crippen LogP contribution in [0.1, 0.15) is 5.56 Å². The number of rotatable bonds is 6. The molecule has 1 N–H and O–H groups in total. The topological polar surface area (TPSA) is 81.8 Å². The Morgan fingerprint density at radius 2 is 2.00 bits per heavy atom. The smallest absolute Gasteiger partial charge is 0.491 e. The second kappa shape index (κ2) is 6.34. The minimum atomic E-state index is -4.74. The van der Waals surface area contributed by atoms with E-state index in [0.29, 0.717) is 0 Å². The van der Waals surface area contributed by atoms with Crippen LogP contribution in [0.15, 0.2) is 18.2 Å². The molecule has 0 amide bonds. The molecule has 9 heteroatoms. The van der Waals surface area contributed by atoms with Crippen molar-refractivity contribution in [1.82, 2.24) is 0 Å². The van der Waals surface area contributed by atoms with Gasteiger partial charge in [0.05, 0.1) is 18.1 Å². The second-order valence-electron chi connectivity index (χ2n) is 3.35. The molecule has 106 valence electrons. The second-order valence-corrected chi connectivity index (χ2v) is 3.35. The average Bonchev–Trinajstić information content (AvgIpc) is 2.33. The molecule has 0 aliphatic rings. The summed E-state index contributed by atoms with van der Waals surface area (Å²) in [6.07, 6.45) is -4.74. The zero-order chi connectivity index (χ0) is 14.5. The van der Waals surface area contributed by atoms with Gasteiger partial charge >= 0.3 is 6.36 Å². The van der Waals surface area contributed by atoms with Crippen LogP contribution in [-0.4, -0.2) is 29.6 Å². The van der Waals surface area contributed by atoms with Crippen LogP contribution >= 0.6 is 0 Å². The summed E-state index contributed by atoms with van der Waals surface area (Å²) in [6.45, 7) is -1.65. The summed E-state index contributed by atoms with van der Waals surface area (Å²) in [5, 5.41) is 19.5. The molecule has 0 aliphatic carbocycles. The lowest BCUT2D eigenvalue weighted by Gasteiger charge is -2.11. The number of nitro groups is 1. The number of non-ortho nitro benzene ring substituents is 1. The predicted molar refractivity (Wildman–Crippen MR) is 56.5 cm³/mol. The molecule has 1 aromatic rings. The standard InChI is InChI=1S/C10H10F3NO5/c11-10(12,13)19-4-3-18-9-2-1-8(14(16)17)5-7(9)6-15/h1-2,5,15H,3-4,6H2. The van der Waals surface area contributed by atoms with Gasteiger partial charge in [-0.25, -0.2) is 0 Å². The fourth-order valence-electron chi connectivity index (χ4n) is 1.25. The molecule has 0 spiro atoms. The molecule has 0 radical (unpaired) electrons. The van der Waals surface area contributed by atoms with Gasteiger partial charge in [0.15, 0.2) is 0 Å². The van der Waals surface area contributed by atoms with E-state index < -0.39 is 31.1 Å². The van der Waals surface area contributed by atoms with E-state index >= 15 is 0 Å². The van der Waals surface area contributed by atoms with Crippen molar-refractivity contribution >= 4 is 5.69 Å². The highest BCUT2D eigenvalue weighted by molar-refractivity contribution is 5.43. The van der Waals surface area contributed by atoms with Gasteiger partial charge in [0.1, 0.15) is 12.4 Å². The lowest BCUT2D eigenvalue weighted by Crippen LogP contribution is -2.18. The predicted octanol–water partition coefficient (Wildman–Crippen LogP) is 2.00. The first-order valence-corrected chi connectivity index (χ1v) is 5.05. The Morgan fingerprint density at radius 1 is 1.32 bits per heavy atom. The van der Waals surface area contributed by atoms with Gasteiger partial charge in [-0.2, -0.15) is 0 Å². The Labute approximate surface area is 105 Å². The Bertz CT molecular complexity index is 449. The first kappa shape index (κ1) is 15.2. The van der Waals surface area contributed by atoms with Crippen LogP contribution in [0.2, 0.25) is 0 Å². The summed E-state index contributed by atoms with van der Waals surface area (Å²) >= 11 is 0. The van der Waals surface area contributed by atoms with Gasteiger partial charge in [0, 0.05) is 17.7 Å². The monoisotopic (exact) mass is 281 g/mol. The van der Waals surface area contributed by atoms with Crippen molar-refractivity contribution in [1.29, 1.82) is 0 Å². The molecule has 6 nitrogen and oxygen atoms in total. The maximum absolute atomic E-state index is 11.7. The summed E-state index contributed by atoms with van der Waals surface area (Å²) in [6, 6.07) is 3.41. The van der Waals surface area contributed by atoms with Gasteiger partial charge in [-0.15, -0.1) is 13.2 Å². The van der Waals surface area contributed by atoms with Gasteiger partial charge in [0.2, 0.25) is 0 Å². The Hall–Kier alpha value is -1.87. The zero-order valence-corrected chi connectivity index (χ0v) is 9.51. The Kier molecular flexibility index (Phi) is 5.07. The highest BCUT2D eigenvalue weighted by atomic mass is 19.4. The molecule has 0 heterocycles. The molecule has 0 bridgehead atoms. The van der Waals surface area contributed by atoms with Crippen LogP contribution < -0.4 is 4.74 Å². The number of alkyl halides is 3. The van der Waals surface area contributed by atoms with E-state index in [0.717, 1.165) is 12.1 Å². The largest absolute Gasteiger partial charge is 0.522 e. The third kappa shape index (κ3) is 5.10. The van der Waals surface area contributed by atoms with Crippen molar-refractivity contribution in [3.63, 3.8) is 0 Å². The number of ether oxygens (including phenoxy) is 2. The normalized spacial score (nSPS) is 11.4. The van der Waals surface area contributed by atoms with Gasteiger partial charge in [0.25, 0.3) is 5.69 Å². The van der Waals surface area contributed by atoms with E-state index in [1.165, 1.54) is 6.07 Å². The average molecular weight is 281 g/mol. The molecule has 0 saturated carbocycles. The zero-order valence-electron chi connectivity index (χ0n) is 9.51. The first-order valence-electron chi connectivity index (χ1n) is 5.05. The minimum absolute atomic E-state index is 0.0684. The van der Waals surface area contributed by atoms with Crippen molar-refractivity contribution in [3.8, 4) is 5.75 Å². The summed E-state index contributed by atoms with van der Waals surface area (Å²) in [5.74, 6) is 0.0684. The van der Waals surface area contributed by atoms with Crippen LogP contribution in [0.3, 0.4) is 0 Å². The summed E-state index contributed by atoms with van der Waals surface area (Å²) < 4.78 is 43.5. The number of aliphatic hydroxyl groups excluding tert-OH is 1. The third-order valence-corrected chi connectivity index (χ3v) is 2.03. The van der Waals surface area contributed by atoms with E-state index in [1.54, 1.807) is 0 Å². The molecule has 0 fully saturated rings. The highest BCUT2D eigenvalue weighted by Gasteiger charge is 2.28. The lowest BCUT2D eigenvalue weighted by molar-refractivity contribution is -0.385. The summed E-state index contributed by atoms with van der Waals surface area (Å²) in [4.78, 5) is 9.83. The highest BCUT2D eigenvalue weighted by Crippen LogP contribution is 2.24. The summed E-state index contributed by atoms with van der Waals surface area (Å²) in [5.41, 5.74) is -0.135. The molecule has 0 unspecified atom stereocenters.